The van der Waals surface area contributed by atoms with Crippen LogP contribution in [0.25, 0.3) is 0 Å². The number of urea groups is 1. The molecule has 0 aromatic heterocycles. The van der Waals surface area contributed by atoms with Crippen molar-refractivity contribution in [3.8, 4) is 5.75 Å². The molecule has 0 aliphatic heterocycles. The number of benzene rings is 1. The first-order valence-electron chi connectivity index (χ1n) is 6.30. The Morgan fingerprint density at radius 1 is 1.14 bits per heavy atom. The number of nitrogens with one attached hydrogen (secondary N) is 2. The maximum absolute atomic E-state index is 11.4. The van der Waals surface area contributed by atoms with Gasteiger partial charge in [-0.2, -0.15) is 0 Å². The first-order chi connectivity index (χ1) is 9.93. The van der Waals surface area contributed by atoms with Crippen LogP contribution < -0.4 is 15.4 Å². The molecule has 0 atom stereocenters. The van der Waals surface area contributed by atoms with Crippen LogP contribution in [0.15, 0.2) is 18.2 Å². The molecule has 0 spiro atoms. The highest BCUT2D eigenvalue weighted by Gasteiger charge is 2.11. The quantitative estimate of drug-likeness (QED) is 0.779. The predicted octanol–water partition coefficient (Wildman–Crippen LogP) is 0.681. The normalized spacial score (nSPS) is 9.67. The maximum atomic E-state index is 11.4. The van der Waals surface area contributed by atoms with Crippen molar-refractivity contribution in [2.45, 2.75) is 13.8 Å². The van der Waals surface area contributed by atoms with Crippen molar-refractivity contribution in [1.29, 1.82) is 0 Å². The minimum atomic E-state index is -0.713. The van der Waals surface area contributed by atoms with Gasteiger partial charge in [0.25, 0.3) is 5.91 Å². The molecule has 114 valence electrons. The number of carbonyl (C=O) groups excluding carboxylic acids is 3. The maximum Gasteiger partial charge on any atom is 0.344 e. The van der Waals surface area contributed by atoms with Crippen molar-refractivity contribution < 1.29 is 23.9 Å². The van der Waals surface area contributed by atoms with Gasteiger partial charge in [0.2, 0.25) is 0 Å². The topological polar surface area (TPSA) is 93.7 Å². The lowest BCUT2D eigenvalue weighted by molar-refractivity contribution is -0.150. The van der Waals surface area contributed by atoms with E-state index in [1.54, 1.807) is 6.07 Å². The molecule has 0 radical (unpaired) electrons. The summed E-state index contributed by atoms with van der Waals surface area (Å²) in [4.78, 5) is 33.5. The molecule has 0 saturated heterocycles. The summed E-state index contributed by atoms with van der Waals surface area (Å²) in [6.07, 6.45) is 0. The van der Waals surface area contributed by atoms with Crippen LogP contribution in [0.2, 0.25) is 0 Å². The van der Waals surface area contributed by atoms with E-state index < -0.39 is 24.5 Å². The van der Waals surface area contributed by atoms with E-state index in [2.05, 4.69) is 10.1 Å². The zero-order valence-electron chi connectivity index (χ0n) is 12.2. The predicted molar refractivity (Wildman–Crippen MR) is 75.0 cm³/mol. The molecule has 0 bridgehead atoms. The number of amides is 3. The number of hydrogen-bond donors (Lipinski definition) is 2. The zero-order valence-corrected chi connectivity index (χ0v) is 12.2. The molecule has 7 heteroatoms. The molecule has 0 fully saturated rings. The van der Waals surface area contributed by atoms with Crippen LogP contribution in [0.3, 0.4) is 0 Å². The van der Waals surface area contributed by atoms with Gasteiger partial charge in [-0.15, -0.1) is 0 Å². The van der Waals surface area contributed by atoms with Crippen LogP contribution in [0.1, 0.15) is 11.1 Å². The summed E-state index contributed by atoms with van der Waals surface area (Å²) in [5, 5.41) is 4.17. The number of rotatable bonds is 5. The number of aryl methyl sites for hydroxylation is 1. The summed E-state index contributed by atoms with van der Waals surface area (Å²) in [5.74, 6) is -0.820. The second-order valence-electron chi connectivity index (χ2n) is 4.27. The van der Waals surface area contributed by atoms with Crippen molar-refractivity contribution in [3.05, 3.63) is 29.3 Å². The fourth-order valence-electron chi connectivity index (χ4n) is 1.43. The highest BCUT2D eigenvalue weighted by Crippen LogP contribution is 2.20. The Bertz CT molecular complexity index is 542. The summed E-state index contributed by atoms with van der Waals surface area (Å²) < 4.78 is 10.0. The highest BCUT2D eigenvalue weighted by molar-refractivity contribution is 5.95. The lowest BCUT2D eigenvalue weighted by Gasteiger charge is -2.10. The molecular weight excluding hydrogens is 276 g/mol. The standard InChI is InChI=1S/C14H18N2O5/c1-9-5-4-6-11(10(9)2)20-8-13(18)21-7-12(17)16-14(19)15-3/h4-6H,7-8H2,1-3H3,(H2,15,16,17,19). The van der Waals surface area contributed by atoms with Gasteiger partial charge in [-0.05, 0) is 31.0 Å². The van der Waals surface area contributed by atoms with Crippen LogP contribution in [0.4, 0.5) is 4.79 Å². The van der Waals surface area contributed by atoms with Gasteiger partial charge in [0.1, 0.15) is 5.75 Å². The molecule has 0 heterocycles. The Labute approximate surface area is 122 Å². The van der Waals surface area contributed by atoms with Gasteiger partial charge in [-0.1, -0.05) is 12.1 Å². The van der Waals surface area contributed by atoms with E-state index in [1.165, 1.54) is 7.05 Å². The molecule has 0 aliphatic carbocycles. The molecule has 7 nitrogen and oxygen atoms in total. The van der Waals surface area contributed by atoms with Crippen molar-refractivity contribution in [1.82, 2.24) is 10.6 Å². The SMILES string of the molecule is CNC(=O)NC(=O)COC(=O)COc1cccc(C)c1C. The van der Waals surface area contributed by atoms with Crippen molar-refractivity contribution in [3.63, 3.8) is 0 Å². The van der Waals surface area contributed by atoms with Crippen molar-refractivity contribution in [2.75, 3.05) is 20.3 Å². The van der Waals surface area contributed by atoms with Gasteiger partial charge in [-0.3, -0.25) is 10.1 Å². The van der Waals surface area contributed by atoms with Gasteiger partial charge >= 0.3 is 12.0 Å². The molecule has 1 aromatic rings. The first-order valence-corrected chi connectivity index (χ1v) is 6.30. The zero-order chi connectivity index (χ0) is 15.8. The van der Waals surface area contributed by atoms with E-state index in [4.69, 9.17) is 4.74 Å². The average Bonchev–Trinajstić information content (AvgIpc) is 2.46. The van der Waals surface area contributed by atoms with Gasteiger partial charge < -0.3 is 14.8 Å². The summed E-state index contributed by atoms with van der Waals surface area (Å²) >= 11 is 0. The Kier molecular flexibility index (Phi) is 6.19. The summed E-state index contributed by atoms with van der Waals surface area (Å²) in [6.45, 7) is 2.97. The van der Waals surface area contributed by atoms with Crippen molar-refractivity contribution >= 4 is 17.9 Å². The van der Waals surface area contributed by atoms with Crippen LogP contribution >= 0.6 is 0 Å². The third-order valence-electron chi connectivity index (χ3n) is 2.74. The second-order valence-corrected chi connectivity index (χ2v) is 4.27. The van der Waals surface area contributed by atoms with Gasteiger partial charge in [-0.25, -0.2) is 9.59 Å². The average molecular weight is 294 g/mol. The highest BCUT2D eigenvalue weighted by atomic mass is 16.6. The number of carbonyl (C=O) groups is 3. The third kappa shape index (κ3) is 5.52. The smallest absolute Gasteiger partial charge is 0.344 e. The van der Waals surface area contributed by atoms with Gasteiger partial charge in [0, 0.05) is 7.05 Å². The molecule has 2 N–H and O–H groups in total. The van der Waals surface area contributed by atoms with Crippen LogP contribution in [0, 0.1) is 13.8 Å². The lowest BCUT2D eigenvalue weighted by Crippen LogP contribution is -2.40. The third-order valence-corrected chi connectivity index (χ3v) is 2.74. The van der Waals surface area contributed by atoms with E-state index in [0.717, 1.165) is 11.1 Å². The van der Waals surface area contributed by atoms with E-state index in [-0.39, 0.29) is 6.61 Å². The molecule has 21 heavy (non-hydrogen) atoms. The Morgan fingerprint density at radius 3 is 2.52 bits per heavy atom. The van der Waals surface area contributed by atoms with Gasteiger partial charge in [0.05, 0.1) is 0 Å². The van der Waals surface area contributed by atoms with Gasteiger partial charge in [0.15, 0.2) is 13.2 Å². The van der Waals surface area contributed by atoms with E-state index in [1.807, 2.05) is 31.3 Å². The lowest BCUT2D eigenvalue weighted by atomic mass is 10.1. The number of hydrogen-bond acceptors (Lipinski definition) is 5. The molecule has 1 rings (SSSR count). The summed E-state index contributed by atoms with van der Waals surface area (Å²) in [6, 6.07) is 4.83. The fourth-order valence-corrected chi connectivity index (χ4v) is 1.43. The van der Waals surface area contributed by atoms with Crippen LogP contribution in [0.5, 0.6) is 5.75 Å². The number of esters is 1. The molecule has 0 aliphatic rings. The molecule has 3 amide bonds. The van der Waals surface area contributed by atoms with Crippen LogP contribution in [-0.2, 0) is 14.3 Å². The summed E-state index contributed by atoms with van der Waals surface area (Å²) in [7, 11) is 1.37. The molecule has 1 aromatic carbocycles. The first kappa shape index (κ1) is 16.5. The summed E-state index contributed by atoms with van der Waals surface area (Å²) in [5.41, 5.74) is 1.98. The Hall–Kier alpha value is -2.57. The Morgan fingerprint density at radius 2 is 1.86 bits per heavy atom. The van der Waals surface area contributed by atoms with Crippen LogP contribution in [-0.4, -0.2) is 38.2 Å². The largest absolute Gasteiger partial charge is 0.482 e. The van der Waals surface area contributed by atoms with E-state index in [9.17, 15) is 14.4 Å². The number of imide groups is 1. The second kappa shape index (κ2) is 7.88. The molecule has 0 unspecified atom stereocenters. The minimum absolute atomic E-state index is 0.308. The van der Waals surface area contributed by atoms with E-state index >= 15 is 0 Å². The number of ether oxygens (including phenoxy) is 2. The monoisotopic (exact) mass is 294 g/mol. The van der Waals surface area contributed by atoms with Crippen molar-refractivity contribution in [2.24, 2.45) is 0 Å². The minimum Gasteiger partial charge on any atom is -0.482 e. The Balaban J connectivity index is 2.36. The fraction of sp³-hybridized carbons (Fsp3) is 0.357. The molecule has 0 saturated carbocycles. The molecular formula is C14H18N2O5. The van der Waals surface area contributed by atoms with E-state index in [0.29, 0.717) is 5.75 Å².